The Hall–Kier alpha value is -3.05. The molecule has 37 heavy (non-hydrogen) atoms. The van der Waals surface area contributed by atoms with E-state index < -0.39 is 0 Å². The molecule has 5 rings (SSSR count). The number of methoxy groups -OCH3 is 1. The average molecular weight is 539 g/mol. The van der Waals surface area contributed by atoms with Gasteiger partial charge in [0.1, 0.15) is 12.3 Å². The van der Waals surface area contributed by atoms with E-state index >= 15 is 0 Å². The molecular formula is C27H30N4O4S2. The highest BCUT2D eigenvalue weighted by Crippen LogP contribution is 2.38. The number of morpholine rings is 1. The van der Waals surface area contributed by atoms with E-state index in [4.69, 9.17) is 14.6 Å². The number of ether oxygens (including phenoxy) is 2. The fourth-order valence-corrected chi connectivity index (χ4v) is 6.06. The molecule has 0 aliphatic carbocycles. The first-order chi connectivity index (χ1) is 18.1. The summed E-state index contributed by atoms with van der Waals surface area (Å²) < 4.78 is 11.1. The summed E-state index contributed by atoms with van der Waals surface area (Å²) >= 11 is 2.99. The third kappa shape index (κ3) is 5.93. The van der Waals surface area contributed by atoms with E-state index in [9.17, 15) is 9.59 Å². The van der Waals surface area contributed by atoms with Gasteiger partial charge in [-0.2, -0.15) is 5.10 Å². The lowest BCUT2D eigenvalue weighted by atomic mass is 10.00. The van der Waals surface area contributed by atoms with Crippen molar-refractivity contribution in [3.63, 3.8) is 0 Å². The molecule has 194 valence electrons. The first kappa shape index (κ1) is 25.6. The molecule has 0 saturated carbocycles. The predicted molar refractivity (Wildman–Crippen MR) is 146 cm³/mol. The van der Waals surface area contributed by atoms with E-state index in [1.165, 1.54) is 11.3 Å². The Morgan fingerprint density at radius 1 is 1.08 bits per heavy atom. The number of benzene rings is 1. The van der Waals surface area contributed by atoms with Crippen LogP contribution in [0.25, 0.3) is 0 Å². The second kappa shape index (κ2) is 12.0. The highest BCUT2D eigenvalue weighted by Gasteiger charge is 2.36. The van der Waals surface area contributed by atoms with Gasteiger partial charge in [0.15, 0.2) is 0 Å². The molecule has 0 bridgehead atoms. The van der Waals surface area contributed by atoms with E-state index in [0.29, 0.717) is 43.4 Å². The zero-order valence-corrected chi connectivity index (χ0v) is 22.4. The lowest BCUT2D eigenvalue weighted by Crippen LogP contribution is -2.46. The highest BCUT2D eigenvalue weighted by atomic mass is 32.1. The van der Waals surface area contributed by atoms with Crippen molar-refractivity contribution in [3.8, 4) is 5.75 Å². The van der Waals surface area contributed by atoms with Crippen LogP contribution in [0.15, 0.2) is 64.4 Å². The molecule has 2 amide bonds. The lowest BCUT2D eigenvalue weighted by Gasteiger charge is -2.31. The van der Waals surface area contributed by atoms with Crippen LogP contribution >= 0.6 is 22.7 Å². The summed E-state index contributed by atoms with van der Waals surface area (Å²) in [6.45, 7) is 4.12. The number of hydrogen-bond acceptors (Lipinski definition) is 8. The first-order valence-electron chi connectivity index (χ1n) is 12.3. The molecule has 1 fully saturated rings. The maximum atomic E-state index is 13.8. The van der Waals surface area contributed by atoms with Crippen LogP contribution < -0.4 is 4.74 Å². The Balaban J connectivity index is 1.39. The third-order valence-electron chi connectivity index (χ3n) is 6.60. The van der Waals surface area contributed by atoms with Crippen molar-refractivity contribution < 1.29 is 19.1 Å². The van der Waals surface area contributed by atoms with E-state index in [1.807, 2.05) is 53.2 Å². The van der Waals surface area contributed by atoms with Crippen LogP contribution in [0.4, 0.5) is 0 Å². The van der Waals surface area contributed by atoms with Gasteiger partial charge >= 0.3 is 0 Å². The molecule has 3 aromatic rings. The standard InChI is InChI=1S/C27H30N4O4S2/c1-34-23-7-3-2-6-20(23)22-18-21(24-8-4-16-36-24)28-31(22)26(32)19-30(27(33)25-9-5-17-37-25)11-10-29-12-14-35-15-13-29/h2-9,16-17,22H,10-15,18-19H2,1H3. The molecule has 0 radical (unpaired) electrons. The predicted octanol–water partition coefficient (Wildman–Crippen LogP) is 3.97. The fraction of sp³-hybridized carbons (Fsp3) is 0.370. The van der Waals surface area contributed by atoms with Crippen molar-refractivity contribution in [2.75, 3.05) is 53.0 Å². The molecule has 1 aromatic carbocycles. The van der Waals surface area contributed by atoms with Crippen molar-refractivity contribution in [2.24, 2.45) is 5.10 Å². The molecule has 1 atom stereocenters. The largest absolute Gasteiger partial charge is 0.496 e. The molecule has 1 saturated heterocycles. The molecule has 10 heteroatoms. The van der Waals surface area contributed by atoms with Crippen LogP contribution in [0.3, 0.4) is 0 Å². The first-order valence-corrected chi connectivity index (χ1v) is 14.1. The topological polar surface area (TPSA) is 74.7 Å². The number of hydrazone groups is 1. The zero-order valence-electron chi connectivity index (χ0n) is 20.7. The number of amides is 2. The Morgan fingerprint density at radius 2 is 1.86 bits per heavy atom. The van der Waals surface area contributed by atoms with Crippen LogP contribution in [0, 0.1) is 0 Å². The Bertz CT molecular complexity index is 1220. The van der Waals surface area contributed by atoms with Gasteiger partial charge in [-0.05, 0) is 29.0 Å². The fourth-order valence-electron chi connectivity index (χ4n) is 4.65. The van der Waals surface area contributed by atoms with Gasteiger partial charge in [0.2, 0.25) is 0 Å². The number of rotatable bonds is 9. The molecule has 4 heterocycles. The highest BCUT2D eigenvalue weighted by molar-refractivity contribution is 7.12. The molecule has 0 N–H and O–H groups in total. The van der Waals surface area contributed by atoms with Gasteiger partial charge in [-0.3, -0.25) is 14.5 Å². The number of carbonyl (C=O) groups is 2. The van der Waals surface area contributed by atoms with Crippen molar-refractivity contribution in [1.29, 1.82) is 0 Å². The van der Waals surface area contributed by atoms with Crippen LogP contribution in [0.5, 0.6) is 5.75 Å². The van der Waals surface area contributed by atoms with Gasteiger partial charge in [0.25, 0.3) is 11.8 Å². The minimum absolute atomic E-state index is 0.0477. The summed E-state index contributed by atoms with van der Waals surface area (Å²) in [6.07, 6.45) is 0.583. The van der Waals surface area contributed by atoms with E-state index in [-0.39, 0.29) is 24.4 Å². The summed E-state index contributed by atoms with van der Waals surface area (Å²) in [6, 6.07) is 15.1. The second-order valence-corrected chi connectivity index (χ2v) is 10.8. The second-order valence-electron chi connectivity index (χ2n) is 8.88. The van der Waals surface area contributed by atoms with Crippen LogP contribution in [-0.2, 0) is 9.53 Å². The van der Waals surface area contributed by atoms with E-state index in [1.54, 1.807) is 34.4 Å². The molecule has 0 spiro atoms. The van der Waals surface area contributed by atoms with Gasteiger partial charge in [-0.25, -0.2) is 5.01 Å². The molecule has 8 nitrogen and oxygen atoms in total. The minimum atomic E-state index is -0.307. The number of hydrogen-bond donors (Lipinski definition) is 0. The van der Waals surface area contributed by atoms with Crippen LogP contribution in [0.2, 0.25) is 0 Å². The van der Waals surface area contributed by atoms with Gasteiger partial charge < -0.3 is 14.4 Å². The molecular weight excluding hydrogens is 508 g/mol. The minimum Gasteiger partial charge on any atom is -0.496 e. The summed E-state index contributed by atoms with van der Waals surface area (Å²) in [5, 5.41) is 10.2. The monoisotopic (exact) mass is 538 g/mol. The zero-order chi connectivity index (χ0) is 25.6. The number of para-hydroxylation sites is 1. The summed E-state index contributed by atoms with van der Waals surface area (Å²) in [7, 11) is 1.63. The smallest absolute Gasteiger partial charge is 0.264 e. The van der Waals surface area contributed by atoms with Crippen molar-refractivity contribution in [3.05, 3.63) is 74.6 Å². The number of nitrogens with zero attached hydrogens (tertiary/aromatic N) is 4. The van der Waals surface area contributed by atoms with Crippen molar-refractivity contribution in [1.82, 2.24) is 14.8 Å². The maximum absolute atomic E-state index is 13.8. The van der Waals surface area contributed by atoms with Crippen molar-refractivity contribution in [2.45, 2.75) is 12.5 Å². The number of carbonyl (C=O) groups excluding carboxylic acids is 2. The van der Waals surface area contributed by atoms with Gasteiger partial charge in [-0.1, -0.05) is 30.3 Å². The van der Waals surface area contributed by atoms with Gasteiger partial charge in [0, 0.05) is 38.2 Å². The van der Waals surface area contributed by atoms with Crippen molar-refractivity contribution >= 4 is 40.2 Å². The van der Waals surface area contributed by atoms with Crippen LogP contribution in [-0.4, -0.2) is 85.4 Å². The summed E-state index contributed by atoms with van der Waals surface area (Å²) in [5.74, 6) is 0.369. The maximum Gasteiger partial charge on any atom is 0.264 e. The van der Waals surface area contributed by atoms with E-state index in [0.717, 1.165) is 29.2 Å². The van der Waals surface area contributed by atoms with Crippen LogP contribution in [0.1, 0.15) is 32.6 Å². The average Bonchev–Trinajstić information content (AvgIpc) is 3.73. The lowest BCUT2D eigenvalue weighted by molar-refractivity contribution is -0.133. The van der Waals surface area contributed by atoms with Gasteiger partial charge in [0.05, 0.1) is 41.8 Å². The van der Waals surface area contributed by atoms with Gasteiger partial charge in [-0.15, -0.1) is 22.7 Å². The Morgan fingerprint density at radius 3 is 2.59 bits per heavy atom. The quantitative estimate of drug-likeness (QED) is 0.412. The third-order valence-corrected chi connectivity index (χ3v) is 8.38. The molecule has 2 aliphatic heterocycles. The Kier molecular flexibility index (Phi) is 8.30. The molecule has 2 aliphatic rings. The normalized spacial score (nSPS) is 18.0. The molecule has 2 aromatic heterocycles. The summed E-state index contributed by atoms with van der Waals surface area (Å²) in [5.41, 5.74) is 1.77. The number of thiophene rings is 2. The molecule has 1 unspecified atom stereocenters. The Labute approximate surface area is 224 Å². The SMILES string of the molecule is COc1ccccc1C1CC(c2cccs2)=NN1C(=O)CN(CCN1CCOCC1)C(=O)c1cccs1. The summed E-state index contributed by atoms with van der Waals surface area (Å²) in [4.78, 5) is 32.8. The van der Waals surface area contributed by atoms with E-state index in [2.05, 4.69) is 4.90 Å².